The van der Waals surface area contributed by atoms with Gasteiger partial charge in [-0.1, -0.05) is 41.9 Å². The van der Waals surface area contributed by atoms with E-state index in [1.807, 2.05) is 65.5 Å². The van der Waals surface area contributed by atoms with Crippen molar-refractivity contribution in [2.45, 2.75) is 6.42 Å². The van der Waals surface area contributed by atoms with Crippen molar-refractivity contribution >= 4 is 11.6 Å². The molecule has 2 N–H and O–H groups in total. The summed E-state index contributed by atoms with van der Waals surface area (Å²) in [5.74, 6) is 0. The Balaban J connectivity index is 2.10. The van der Waals surface area contributed by atoms with Crippen molar-refractivity contribution in [1.29, 1.82) is 0 Å². The highest BCUT2D eigenvalue weighted by Crippen LogP contribution is 2.27. The fraction of sp³-hybridized carbons (Fsp3) is 0.118. The number of rotatable bonds is 4. The molecule has 106 valence electrons. The van der Waals surface area contributed by atoms with E-state index >= 15 is 0 Å². The molecule has 0 aliphatic rings. The van der Waals surface area contributed by atoms with Crippen LogP contribution in [0.3, 0.4) is 0 Å². The van der Waals surface area contributed by atoms with Crippen LogP contribution in [-0.2, 0) is 6.42 Å². The van der Waals surface area contributed by atoms with Crippen molar-refractivity contribution in [3.8, 4) is 16.8 Å². The Morgan fingerprint density at radius 2 is 1.71 bits per heavy atom. The second-order valence-electron chi connectivity index (χ2n) is 4.80. The number of hydrogen-bond acceptors (Lipinski definition) is 2. The molecule has 0 saturated heterocycles. The molecular formula is C17H16ClN3. The maximum atomic E-state index is 5.96. The zero-order chi connectivity index (χ0) is 14.7. The summed E-state index contributed by atoms with van der Waals surface area (Å²) in [6.07, 6.45) is 2.66. The van der Waals surface area contributed by atoms with Crippen molar-refractivity contribution in [1.82, 2.24) is 9.78 Å². The summed E-state index contributed by atoms with van der Waals surface area (Å²) in [5, 5.41) is 5.26. The molecule has 0 aliphatic heterocycles. The first-order valence-electron chi connectivity index (χ1n) is 6.88. The van der Waals surface area contributed by atoms with Gasteiger partial charge in [-0.05, 0) is 36.4 Å². The zero-order valence-corrected chi connectivity index (χ0v) is 12.3. The Labute approximate surface area is 129 Å². The third-order valence-corrected chi connectivity index (χ3v) is 3.66. The van der Waals surface area contributed by atoms with E-state index in [9.17, 15) is 0 Å². The summed E-state index contributed by atoms with van der Waals surface area (Å²) in [7, 11) is 0. The number of halogens is 1. The second kappa shape index (κ2) is 6.12. The lowest BCUT2D eigenvalue weighted by atomic mass is 10.0. The third-order valence-electron chi connectivity index (χ3n) is 3.41. The van der Waals surface area contributed by atoms with E-state index in [2.05, 4.69) is 5.10 Å². The second-order valence-corrected chi connectivity index (χ2v) is 5.23. The highest BCUT2D eigenvalue weighted by atomic mass is 35.5. The number of para-hydroxylation sites is 1. The van der Waals surface area contributed by atoms with Gasteiger partial charge in [0.25, 0.3) is 0 Å². The molecule has 0 aliphatic carbocycles. The van der Waals surface area contributed by atoms with Crippen LogP contribution in [0.2, 0.25) is 5.02 Å². The Bertz CT molecular complexity index is 718. The van der Waals surface area contributed by atoms with E-state index in [-0.39, 0.29) is 0 Å². The lowest BCUT2D eigenvalue weighted by molar-refractivity contribution is 0.792. The first-order valence-corrected chi connectivity index (χ1v) is 7.25. The maximum Gasteiger partial charge on any atom is 0.0649 e. The van der Waals surface area contributed by atoms with Crippen LogP contribution in [0.5, 0.6) is 0 Å². The topological polar surface area (TPSA) is 43.8 Å². The van der Waals surface area contributed by atoms with Crippen molar-refractivity contribution < 1.29 is 0 Å². The van der Waals surface area contributed by atoms with Gasteiger partial charge >= 0.3 is 0 Å². The summed E-state index contributed by atoms with van der Waals surface area (Å²) in [4.78, 5) is 0. The van der Waals surface area contributed by atoms with Gasteiger partial charge in [0.05, 0.1) is 17.6 Å². The summed E-state index contributed by atoms with van der Waals surface area (Å²) in [6, 6.07) is 17.9. The van der Waals surface area contributed by atoms with Crippen LogP contribution < -0.4 is 5.73 Å². The van der Waals surface area contributed by atoms with E-state index in [1.54, 1.807) is 0 Å². The minimum Gasteiger partial charge on any atom is -0.330 e. The molecule has 2 aromatic carbocycles. The average Bonchev–Trinajstić information content (AvgIpc) is 2.93. The largest absolute Gasteiger partial charge is 0.330 e. The number of nitrogens with two attached hydrogens (primary N) is 1. The van der Waals surface area contributed by atoms with Crippen molar-refractivity contribution in [3.63, 3.8) is 0 Å². The predicted octanol–water partition coefficient (Wildman–Crippen LogP) is 3.69. The highest BCUT2D eigenvalue weighted by Gasteiger charge is 2.13. The Morgan fingerprint density at radius 1 is 1.00 bits per heavy atom. The van der Waals surface area contributed by atoms with Crippen LogP contribution in [0.1, 0.15) is 5.69 Å². The highest BCUT2D eigenvalue weighted by molar-refractivity contribution is 6.30. The van der Waals surface area contributed by atoms with Gasteiger partial charge in [0.15, 0.2) is 0 Å². The number of benzene rings is 2. The molecule has 0 bridgehead atoms. The van der Waals surface area contributed by atoms with Crippen LogP contribution in [0, 0.1) is 0 Å². The molecule has 3 rings (SSSR count). The van der Waals surface area contributed by atoms with Crippen LogP contribution in [0.15, 0.2) is 60.8 Å². The summed E-state index contributed by atoms with van der Waals surface area (Å²) >= 11 is 5.96. The van der Waals surface area contributed by atoms with E-state index in [0.29, 0.717) is 6.54 Å². The van der Waals surface area contributed by atoms with Crippen LogP contribution in [0.4, 0.5) is 0 Å². The van der Waals surface area contributed by atoms with Crippen LogP contribution in [0.25, 0.3) is 16.8 Å². The van der Waals surface area contributed by atoms with E-state index < -0.39 is 0 Å². The molecule has 4 heteroatoms. The minimum absolute atomic E-state index is 0.582. The average molecular weight is 298 g/mol. The lowest BCUT2D eigenvalue weighted by Gasteiger charge is -2.09. The predicted molar refractivity (Wildman–Crippen MR) is 86.8 cm³/mol. The SMILES string of the molecule is NCCc1c(-c2ccc(Cl)cc2)cnn1-c1ccccc1. The Kier molecular flexibility index (Phi) is 4.04. The van der Waals surface area contributed by atoms with Gasteiger partial charge in [0, 0.05) is 17.0 Å². The van der Waals surface area contributed by atoms with E-state index in [1.165, 1.54) is 0 Å². The monoisotopic (exact) mass is 297 g/mol. The number of aromatic nitrogens is 2. The van der Waals surface area contributed by atoms with Gasteiger partial charge in [-0.2, -0.15) is 5.10 Å². The minimum atomic E-state index is 0.582. The molecule has 1 aromatic heterocycles. The third kappa shape index (κ3) is 2.84. The van der Waals surface area contributed by atoms with Gasteiger partial charge in [-0.3, -0.25) is 0 Å². The zero-order valence-electron chi connectivity index (χ0n) is 11.5. The summed E-state index contributed by atoms with van der Waals surface area (Å²) in [5.41, 5.74) is 10.1. The number of hydrogen-bond donors (Lipinski definition) is 1. The Morgan fingerprint density at radius 3 is 2.38 bits per heavy atom. The number of nitrogens with zero attached hydrogens (tertiary/aromatic N) is 2. The first kappa shape index (κ1) is 13.9. The fourth-order valence-corrected chi connectivity index (χ4v) is 2.54. The summed E-state index contributed by atoms with van der Waals surface area (Å²) < 4.78 is 1.96. The van der Waals surface area contributed by atoms with Crippen molar-refractivity contribution in [2.24, 2.45) is 5.73 Å². The molecule has 0 saturated carbocycles. The molecule has 0 amide bonds. The van der Waals surface area contributed by atoms with E-state index in [4.69, 9.17) is 17.3 Å². The van der Waals surface area contributed by atoms with Gasteiger partial charge in [-0.15, -0.1) is 0 Å². The molecule has 0 spiro atoms. The molecule has 0 atom stereocenters. The normalized spacial score (nSPS) is 10.8. The smallest absolute Gasteiger partial charge is 0.0649 e. The molecule has 3 nitrogen and oxygen atoms in total. The van der Waals surface area contributed by atoms with Gasteiger partial charge in [0.1, 0.15) is 0 Å². The standard InChI is InChI=1S/C17H16ClN3/c18-14-8-6-13(7-9-14)16-12-20-21(17(16)10-11-19)15-4-2-1-3-5-15/h1-9,12H,10-11,19H2. The van der Waals surface area contributed by atoms with Crippen LogP contribution >= 0.6 is 11.6 Å². The first-order chi connectivity index (χ1) is 10.3. The molecular weight excluding hydrogens is 282 g/mol. The lowest BCUT2D eigenvalue weighted by Crippen LogP contribution is -2.09. The fourth-order valence-electron chi connectivity index (χ4n) is 2.41. The molecule has 0 radical (unpaired) electrons. The summed E-state index contributed by atoms with van der Waals surface area (Å²) in [6.45, 7) is 0.582. The van der Waals surface area contributed by atoms with E-state index in [0.717, 1.165) is 34.0 Å². The van der Waals surface area contributed by atoms with Gasteiger partial charge in [-0.25, -0.2) is 4.68 Å². The molecule has 1 heterocycles. The Hall–Kier alpha value is -2.10. The molecule has 0 unspecified atom stereocenters. The molecule has 3 aromatic rings. The quantitative estimate of drug-likeness (QED) is 0.798. The maximum absolute atomic E-state index is 5.96. The van der Waals surface area contributed by atoms with Crippen molar-refractivity contribution in [2.75, 3.05) is 6.54 Å². The van der Waals surface area contributed by atoms with Gasteiger partial charge < -0.3 is 5.73 Å². The van der Waals surface area contributed by atoms with Crippen LogP contribution in [-0.4, -0.2) is 16.3 Å². The van der Waals surface area contributed by atoms with Gasteiger partial charge in [0.2, 0.25) is 0 Å². The van der Waals surface area contributed by atoms with Crippen molar-refractivity contribution in [3.05, 3.63) is 71.5 Å². The molecule has 21 heavy (non-hydrogen) atoms. The molecule has 0 fully saturated rings.